The smallest absolute Gasteiger partial charge is 0.140 e. The minimum atomic E-state index is 0.215. The molecular weight excluding hydrogens is 186 g/mol. The number of allylic oxidation sites excluding steroid dienone is 1. The molecule has 0 heterocycles. The molecule has 1 aliphatic carbocycles. The van der Waals surface area contributed by atoms with E-state index in [2.05, 4.69) is 13.5 Å². The summed E-state index contributed by atoms with van der Waals surface area (Å²) in [6.07, 6.45) is 6.07. The molecule has 0 saturated heterocycles. The van der Waals surface area contributed by atoms with Crippen molar-refractivity contribution in [3.05, 3.63) is 12.2 Å². The van der Waals surface area contributed by atoms with Gasteiger partial charge in [0.05, 0.1) is 0 Å². The van der Waals surface area contributed by atoms with Crippen LogP contribution >= 0.6 is 0 Å². The van der Waals surface area contributed by atoms with Gasteiger partial charge in [0.15, 0.2) is 0 Å². The first-order chi connectivity index (χ1) is 7.19. The molecule has 2 nitrogen and oxygen atoms in total. The van der Waals surface area contributed by atoms with Crippen LogP contribution in [0.25, 0.3) is 0 Å². The molecular formula is C13H23NO. The van der Waals surface area contributed by atoms with Gasteiger partial charge in [-0.1, -0.05) is 31.9 Å². The van der Waals surface area contributed by atoms with Gasteiger partial charge in [0.2, 0.25) is 0 Å². The maximum atomic E-state index is 12.0. The third-order valence-corrected chi connectivity index (χ3v) is 3.55. The molecule has 2 unspecified atom stereocenters. The van der Waals surface area contributed by atoms with Crippen molar-refractivity contribution in [1.29, 1.82) is 0 Å². The van der Waals surface area contributed by atoms with E-state index in [0.717, 1.165) is 24.8 Å². The van der Waals surface area contributed by atoms with Crippen molar-refractivity contribution >= 4 is 5.78 Å². The van der Waals surface area contributed by atoms with Crippen LogP contribution in [-0.2, 0) is 4.79 Å². The lowest BCUT2D eigenvalue weighted by Gasteiger charge is -2.29. The van der Waals surface area contributed by atoms with E-state index in [0.29, 0.717) is 24.7 Å². The Labute approximate surface area is 92.9 Å². The maximum absolute atomic E-state index is 12.0. The van der Waals surface area contributed by atoms with Crippen molar-refractivity contribution in [2.75, 3.05) is 6.54 Å². The summed E-state index contributed by atoms with van der Waals surface area (Å²) in [5, 5.41) is 0. The van der Waals surface area contributed by atoms with Crippen LogP contribution in [-0.4, -0.2) is 12.3 Å². The summed E-state index contributed by atoms with van der Waals surface area (Å²) in [4.78, 5) is 12.0. The van der Waals surface area contributed by atoms with Gasteiger partial charge in [-0.15, -0.1) is 0 Å². The molecule has 2 N–H and O–H groups in total. The Morgan fingerprint density at radius 2 is 2.07 bits per heavy atom. The Kier molecular flexibility index (Phi) is 5.03. The molecule has 15 heavy (non-hydrogen) atoms. The highest BCUT2D eigenvalue weighted by molar-refractivity contribution is 5.83. The van der Waals surface area contributed by atoms with Crippen LogP contribution in [0.5, 0.6) is 0 Å². The van der Waals surface area contributed by atoms with E-state index in [9.17, 15) is 4.79 Å². The average Bonchev–Trinajstić information content (AvgIpc) is 2.28. The second-order valence-electron chi connectivity index (χ2n) is 4.63. The fraction of sp³-hybridized carbons (Fsp3) is 0.769. The van der Waals surface area contributed by atoms with Gasteiger partial charge in [-0.3, -0.25) is 4.79 Å². The van der Waals surface area contributed by atoms with Crippen molar-refractivity contribution in [2.45, 2.75) is 45.4 Å². The summed E-state index contributed by atoms with van der Waals surface area (Å²) in [5.41, 5.74) is 6.78. The van der Waals surface area contributed by atoms with E-state index in [1.165, 1.54) is 12.8 Å². The van der Waals surface area contributed by atoms with E-state index in [1.807, 2.05) is 0 Å². The fourth-order valence-electron chi connectivity index (χ4n) is 2.42. The van der Waals surface area contributed by atoms with Gasteiger partial charge in [0, 0.05) is 12.3 Å². The van der Waals surface area contributed by atoms with Gasteiger partial charge >= 0.3 is 0 Å². The molecule has 0 aromatic carbocycles. The van der Waals surface area contributed by atoms with Crippen LogP contribution in [0.3, 0.4) is 0 Å². The third-order valence-electron chi connectivity index (χ3n) is 3.55. The normalized spacial score (nSPS) is 26.3. The fourth-order valence-corrected chi connectivity index (χ4v) is 2.42. The molecule has 86 valence electrons. The van der Waals surface area contributed by atoms with Crippen LogP contribution in [0.4, 0.5) is 0 Å². The second-order valence-corrected chi connectivity index (χ2v) is 4.63. The second kappa shape index (κ2) is 6.06. The molecule has 1 aliphatic rings. The first-order valence-electron chi connectivity index (χ1n) is 6.08. The zero-order chi connectivity index (χ0) is 11.3. The Balaban J connectivity index is 2.52. The van der Waals surface area contributed by atoms with Crippen molar-refractivity contribution in [3.63, 3.8) is 0 Å². The van der Waals surface area contributed by atoms with E-state index < -0.39 is 0 Å². The number of hydrogen-bond donors (Lipinski definition) is 1. The SMILES string of the molecule is C=C(CC)CC(=O)C1CCCCC1CN. The number of Topliss-reactive ketones (excluding diaryl/α,β-unsaturated/α-hetero) is 1. The lowest BCUT2D eigenvalue weighted by molar-refractivity contribution is -0.124. The summed E-state index contributed by atoms with van der Waals surface area (Å²) in [6, 6.07) is 0. The lowest BCUT2D eigenvalue weighted by atomic mass is 9.75. The molecule has 0 bridgehead atoms. The quantitative estimate of drug-likeness (QED) is 0.707. The Morgan fingerprint density at radius 1 is 1.40 bits per heavy atom. The number of nitrogens with two attached hydrogens (primary N) is 1. The number of carbonyl (C=O) groups is 1. The first-order valence-corrected chi connectivity index (χ1v) is 6.08. The van der Waals surface area contributed by atoms with Gasteiger partial charge in [0.25, 0.3) is 0 Å². The van der Waals surface area contributed by atoms with E-state index >= 15 is 0 Å². The Hall–Kier alpha value is -0.630. The van der Waals surface area contributed by atoms with Crippen LogP contribution in [0, 0.1) is 11.8 Å². The van der Waals surface area contributed by atoms with Crippen LogP contribution in [0.1, 0.15) is 45.4 Å². The number of carbonyl (C=O) groups excluding carboxylic acids is 1. The van der Waals surface area contributed by atoms with Crippen molar-refractivity contribution in [2.24, 2.45) is 17.6 Å². The largest absolute Gasteiger partial charge is 0.330 e. The number of rotatable bonds is 5. The molecule has 0 aromatic rings. The maximum Gasteiger partial charge on any atom is 0.140 e. The molecule has 2 heteroatoms. The van der Waals surface area contributed by atoms with E-state index in [1.54, 1.807) is 0 Å². The standard InChI is InChI=1S/C13H23NO/c1-3-10(2)8-13(15)12-7-5-4-6-11(12)9-14/h11-12H,2-9,14H2,1H3. The van der Waals surface area contributed by atoms with Gasteiger partial charge in [-0.25, -0.2) is 0 Å². The average molecular weight is 209 g/mol. The number of ketones is 1. The molecule has 0 aromatic heterocycles. The zero-order valence-corrected chi connectivity index (χ0v) is 9.80. The minimum absolute atomic E-state index is 0.215. The minimum Gasteiger partial charge on any atom is -0.330 e. The molecule has 1 saturated carbocycles. The molecule has 0 spiro atoms. The van der Waals surface area contributed by atoms with Crippen LogP contribution in [0.15, 0.2) is 12.2 Å². The monoisotopic (exact) mass is 209 g/mol. The highest BCUT2D eigenvalue weighted by Gasteiger charge is 2.29. The summed E-state index contributed by atoms with van der Waals surface area (Å²) < 4.78 is 0. The Bertz CT molecular complexity index is 235. The Morgan fingerprint density at radius 3 is 2.67 bits per heavy atom. The third kappa shape index (κ3) is 3.45. The number of hydrogen-bond acceptors (Lipinski definition) is 2. The molecule has 0 amide bonds. The molecule has 1 rings (SSSR count). The summed E-state index contributed by atoms with van der Waals surface area (Å²) >= 11 is 0. The highest BCUT2D eigenvalue weighted by atomic mass is 16.1. The van der Waals surface area contributed by atoms with Crippen LogP contribution in [0.2, 0.25) is 0 Å². The zero-order valence-electron chi connectivity index (χ0n) is 9.80. The van der Waals surface area contributed by atoms with Crippen molar-refractivity contribution in [3.8, 4) is 0 Å². The first kappa shape index (κ1) is 12.4. The predicted molar refractivity (Wildman–Crippen MR) is 63.6 cm³/mol. The van der Waals surface area contributed by atoms with Crippen molar-refractivity contribution < 1.29 is 4.79 Å². The van der Waals surface area contributed by atoms with Gasteiger partial charge in [0.1, 0.15) is 5.78 Å². The van der Waals surface area contributed by atoms with Gasteiger partial charge in [-0.05, 0) is 31.7 Å². The molecule has 0 radical (unpaired) electrons. The highest BCUT2D eigenvalue weighted by Crippen LogP contribution is 2.31. The van der Waals surface area contributed by atoms with Crippen molar-refractivity contribution in [1.82, 2.24) is 0 Å². The van der Waals surface area contributed by atoms with Crippen LogP contribution < -0.4 is 5.73 Å². The lowest BCUT2D eigenvalue weighted by Crippen LogP contribution is -2.32. The summed E-state index contributed by atoms with van der Waals surface area (Å²) in [7, 11) is 0. The predicted octanol–water partition coefficient (Wildman–Crippen LogP) is 2.68. The topological polar surface area (TPSA) is 43.1 Å². The molecule has 0 aliphatic heterocycles. The van der Waals surface area contributed by atoms with Gasteiger partial charge < -0.3 is 5.73 Å². The molecule has 2 atom stereocenters. The van der Waals surface area contributed by atoms with Gasteiger partial charge in [-0.2, -0.15) is 0 Å². The van der Waals surface area contributed by atoms with E-state index in [-0.39, 0.29) is 5.92 Å². The summed E-state index contributed by atoms with van der Waals surface area (Å²) in [6.45, 7) is 6.62. The summed E-state index contributed by atoms with van der Waals surface area (Å²) in [5.74, 6) is 1.01. The van der Waals surface area contributed by atoms with E-state index in [4.69, 9.17) is 5.73 Å². The molecule has 1 fully saturated rings.